The minimum atomic E-state index is 0.768. The fourth-order valence-corrected chi connectivity index (χ4v) is 2.24. The molecule has 0 aromatic heterocycles. The summed E-state index contributed by atoms with van der Waals surface area (Å²) < 4.78 is 0. The Kier molecular flexibility index (Phi) is 8.07. The SMILES string of the molecule is CCC(CCCC(CC)N(C)C)N(C)C. The molecule has 0 saturated heterocycles. The van der Waals surface area contributed by atoms with Gasteiger partial charge in [0, 0.05) is 12.1 Å². The molecule has 2 atom stereocenters. The topological polar surface area (TPSA) is 6.48 Å². The summed E-state index contributed by atoms with van der Waals surface area (Å²) in [6.45, 7) is 4.57. The van der Waals surface area contributed by atoms with Gasteiger partial charge in [-0.25, -0.2) is 0 Å². The normalized spacial score (nSPS) is 16.0. The van der Waals surface area contributed by atoms with Crippen LogP contribution in [0.2, 0.25) is 0 Å². The van der Waals surface area contributed by atoms with E-state index in [4.69, 9.17) is 0 Å². The van der Waals surface area contributed by atoms with E-state index in [9.17, 15) is 0 Å². The zero-order valence-corrected chi connectivity index (χ0v) is 11.6. The van der Waals surface area contributed by atoms with E-state index in [0.717, 1.165) is 12.1 Å². The molecule has 0 rings (SSSR count). The molecule has 0 aliphatic heterocycles. The highest BCUT2D eigenvalue weighted by Gasteiger charge is 2.12. The maximum absolute atomic E-state index is 2.36. The predicted molar refractivity (Wildman–Crippen MR) is 69.4 cm³/mol. The van der Waals surface area contributed by atoms with Gasteiger partial charge in [0.25, 0.3) is 0 Å². The van der Waals surface area contributed by atoms with Gasteiger partial charge in [-0.15, -0.1) is 0 Å². The van der Waals surface area contributed by atoms with Crippen LogP contribution in [0.3, 0.4) is 0 Å². The van der Waals surface area contributed by atoms with Gasteiger partial charge >= 0.3 is 0 Å². The van der Waals surface area contributed by atoms with Crippen molar-refractivity contribution in [2.24, 2.45) is 0 Å². The summed E-state index contributed by atoms with van der Waals surface area (Å²) in [4.78, 5) is 4.72. The van der Waals surface area contributed by atoms with Crippen LogP contribution in [0.15, 0.2) is 0 Å². The molecule has 0 amide bonds. The van der Waals surface area contributed by atoms with Crippen LogP contribution in [0.1, 0.15) is 46.0 Å². The van der Waals surface area contributed by atoms with Gasteiger partial charge in [-0.1, -0.05) is 20.3 Å². The van der Waals surface area contributed by atoms with E-state index >= 15 is 0 Å². The highest BCUT2D eigenvalue weighted by atomic mass is 15.1. The van der Waals surface area contributed by atoms with Crippen LogP contribution in [0.5, 0.6) is 0 Å². The molecule has 2 nitrogen and oxygen atoms in total. The fraction of sp³-hybridized carbons (Fsp3) is 1.00. The van der Waals surface area contributed by atoms with Gasteiger partial charge in [0.05, 0.1) is 0 Å². The lowest BCUT2D eigenvalue weighted by Crippen LogP contribution is -2.29. The second-order valence-corrected chi connectivity index (χ2v) is 4.98. The van der Waals surface area contributed by atoms with Gasteiger partial charge in [-0.3, -0.25) is 0 Å². The Morgan fingerprint density at radius 2 is 1.07 bits per heavy atom. The molecule has 0 aliphatic carbocycles. The number of nitrogens with zero attached hydrogens (tertiary/aromatic N) is 2. The Bertz CT molecular complexity index is 127. The molecule has 0 N–H and O–H groups in total. The first-order chi connectivity index (χ1) is 7.02. The van der Waals surface area contributed by atoms with E-state index < -0.39 is 0 Å². The summed E-state index contributed by atoms with van der Waals surface area (Å²) in [5, 5.41) is 0. The molecule has 2 unspecified atom stereocenters. The highest BCUT2D eigenvalue weighted by Crippen LogP contribution is 2.14. The number of rotatable bonds is 8. The maximum atomic E-state index is 2.36. The Labute approximate surface area is 96.6 Å². The first-order valence-electron chi connectivity index (χ1n) is 6.35. The lowest BCUT2D eigenvalue weighted by Gasteiger charge is -2.26. The van der Waals surface area contributed by atoms with E-state index in [1.165, 1.54) is 32.1 Å². The van der Waals surface area contributed by atoms with Crippen LogP contribution >= 0.6 is 0 Å². The molecule has 15 heavy (non-hydrogen) atoms. The molecule has 0 spiro atoms. The summed E-state index contributed by atoms with van der Waals surface area (Å²) in [6.07, 6.45) is 6.58. The van der Waals surface area contributed by atoms with E-state index in [1.807, 2.05) is 0 Å². The Balaban J connectivity index is 3.75. The summed E-state index contributed by atoms with van der Waals surface area (Å²) in [7, 11) is 8.77. The molecule has 0 radical (unpaired) electrons. The second-order valence-electron chi connectivity index (χ2n) is 4.98. The zero-order valence-electron chi connectivity index (χ0n) is 11.6. The van der Waals surface area contributed by atoms with Crippen LogP contribution in [0, 0.1) is 0 Å². The van der Waals surface area contributed by atoms with Crippen molar-refractivity contribution in [1.82, 2.24) is 9.80 Å². The molecular formula is C13H30N2. The van der Waals surface area contributed by atoms with Gasteiger partial charge in [0.15, 0.2) is 0 Å². The van der Waals surface area contributed by atoms with Crippen LogP contribution < -0.4 is 0 Å². The summed E-state index contributed by atoms with van der Waals surface area (Å²) in [5.41, 5.74) is 0. The molecule has 0 bridgehead atoms. The standard InChI is InChI=1S/C13H30N2/c1-7-12(14(3)4)10-9-11-13(8-2)15(5)6/h12-13H,7-11H2,1-6H3. The van der Waals surface area contributed by atoms with Crippen molar-refractivity contribution in [3.63, 3.8) is 0 Å². The molecule has 92 valence electrons. The molecule has 0 aliphatic rings. The van der Waals surface area contributed by atoms with Crippen molar-refractivity contribution < 1.29 is 0 Å². The third-order valence-electron chi connectivity index (χ3n) is 3.48. The largest absolute Gasteiger partial charge is 0.306 e. The van der Waals surface area contributed by atoms with Crippen molar-refractivity contribution in [3.8, 4) is 0 Å². The Morgan fingerprint density at radius 3 is 1.27 bits per heavy atom. The van der Waals surface area contributed by atoms with Gasteiger partial charge < -0.3 is 9.80 Å². The van der Waals surface area contributed by atoms with Crippen molar-refractivity contribution in [2.75, 3.05) is 28.2 Å². The zero-order chi connectivity index (χ0) is 11.8. The van der Waals surface area contributed by atoms with Gasteiger partial charge in [-0.05, 0) is 53.9 Å². The van der Waals surface area contributed by atoms with Gasteiger partial charge in [0.2, 0.25) is 0 Å². The Hall–Kier alpha value is -0.0800. The lowest BCUT2D eigenvalue weighted by molar-refractivity contribution is 0.234. The van der Waals surface area contributed by atoms with Crippen molar-refractivity contribution in [2.45, 2.75) is 58.0 Å². The average molecular weight is 214 g/mol. The van der Waals surface area contributed by atoms with Gasteiger partial charge in [0.1, 0.15) is 0 Å². The fourth-order valence-electron chi connectivity index (χ4n) is 2.24. The molecule has 0 fully saturated rings. The van der Waals surface area contributed by atoms with Crippen LogP contribution in [0.25, 0.3) is 0 Å². The third-order valence-corrected chi connectivity index (χ3v) is 3.48. The smallest absolute Gasteiger partial charge is 0.00865 e. The Morgan fingerprint density at radius 1 is 0.733 bits per heavy atom. The maximum Gasteiger partial charge on any atom is 0.00865 e. The predicted octanol–water partition coefficient (Wildman–Crippen LogP) is 2.84. The van der Waals surface area contributed by atoms with E-state index in [-0.39, 0.29) is 0 Å². The van der Waals surface area contributed by atoms with Crippen LogP contribution in [-0.4, -0.2) is 50.1 Å². The molecular weight excluding hydrogens is 184 g/mol. The lowest BCUT2D eigenvalue weighted by atomic mass is 10.0. The van der Waals surface area contributed by atoms with E-state index in [1.54, 1.807) is 0 Å². The second kappa shape index (κ2) is 8.12. The quantitative estimate of drug-likeness (QED) is 0.613. The van der Waals surface area contributed by atoms with Crippen LogP contribution in [-0.2, 0) is 0 Å². The first-order valence-corrected chi connectivity index (χ1v) is 6.35. The summed E-state index contributed by atoms with van der Waals surface area (Å²) >= 11 is 0. The van der Waals surface area contributed by atoms with Gasteiger partial charge in [-0.2, -0.15) is 0 Å². The van der Waals surface area contributed by atoms with Crippen molar-refractivity contribution >= 4 is 0 Å². The first kappa shape index (κ1) is 14.9. The molecule has 0 aromatic rings. The monoisotopic (exact) mass is 214 g/mol. The summed E-state index contributed by atoms with van der Waals surface area (Å²) in [6, 6.07) is 1.54. The molecule has 0 aromatic carbocycles. The minimum Gasteiger partial charge on any atom is -0.306 e. The third kappa shape index (κ3) is 6.16. The number of hydrogen-bond donors (Lipinski definition) is 0. The van der Waals surface area contributed by atoms with Crippen LogP contribution in [0.4, 0.5) is 0 Å². The van der Waals surface area contributed by atoms with Crippen molar-refractivity contribution in [1.29, 1.82) is 0 Å². The number of hydrogen-bond acceptors (Lipinski definition) is 2. The van der Waals surface area contributed by atoms with E-state index in [0.29, 0.717) is 0 Å². The summed E-state index contributed by atoms with van der Waals surface area (Å²) in [5.74, 6) is 0. The molecule has 2 heteroatoms. The van der Waals surface area contributed by atoms with Crippen molar-refractivity contribution in [3.05, 3.63) is 0 Å². The van der Waals surface area contributed by atoms with E-state index in [2.05, 4.69) is 51.8 Å². The minimum absolute atomic E-state index is 0.768. The average Bonchev–Trinajstić information content (AvgIpc) is 2.17. The molecule has 0 heterocycles. The molecule has 0 saturated carbocycles. The highest BCUT2D eigenvalue weighted by molar-refractivity contribution is 4.68.